The molecule has 0 atom stereocenters. The molecule has 31 heavy (non-hydrogen) atoms. The van der Waals surface area contributed by atoms with Crippen LogP contribution in [0.15, 0.2) is 66.7 Å². The highest BCUT2D eigenvalue weighted by Gasteiger charge is 2.22. The smallest absolute Gasteiger partial charge is 0.134 e. The molecule has 0 spiro atoms. The predicted molar refractivity (Wildman–Crippen MR) is 126 cm³/mol. The predicted octanol–water partition coefficient (Wildman–Crippen LogP) is 8.53. The van der Waals surface area contributed by atoms with E-state index < -0.39 is 0 Å². The Morgan fingerprint density at radius 1 is 0.871 bits per heavy atom. The van der Waals surface area contributed by atoms with Gasteiger partial charge in [-0.1, -0.05) is 54.6 Å². The number of benzene rings is 3. The first-order chi connectivity index (χ1) is 15.1. The molecule has 0 aromatic heterocycles. The van der Waals surface area contributed by atoms with E-state index >= 15 is 4.39 Å². The van der Waals surface area contributed by atoms with Gasteiger partial charge in [-0.05, 0) is 104 Å². The van der Waals surface area contributed by atoms with E-state index in [-0.39, 0.29) is 11.6 Å². The molecule has 0 N–H and O–H groups in total. The van der Waals surface area contributed by atoms with Crippen molar-refractivity contribution in [1.82, 2.24) is 0 Å². The summed E-state index contributed by atoms with van der Waals surface area (Å²) in [4.78, 5) is 0. The molecule has 0 unspecified atom stereocenters. The van der Waals surface area contributed by atoms with Gasteiger partial charge >= 0.3 is 0 Å². The van der Waals surface area contributed by atoms with Crippen molar-refractivity contribution >= 4 is 10.8 Å². The molecular formula is C29H32F2. The lowest BCUT2D eigenvalue weighted by atomic mass is 9.77. The molecule has 0 radical (unpaired) electrons. The van der Waals surface area contributed by atoms with Gasteiger partial charge in [0, 0.05) is 5.39 Å². The third-order valence-electron chi connectivity index (χ3n) is 6.95. The van der Waals surface area contributed by atoms with Gasteiger partial charge in [-0.15, -0.1) is 0 Å². The van der Waals surface area contributed by atoms with Gasteiger partial charge in [0.05, 0.1) is 0 Å². The van der Waals surface area contributed by atoms with Crippen LogP contribution in [0.5, 0.6) is 0 Å². The minimum Gasteiger partial charge on any atom is -0.207 e. The lowest BCUT2D eigenvalue weighted by molar-refractivity contribution is 0.312. The maximum atomic E-state index is 15.1. The number of allylic oxidation sites excluding steroid dienone is 2. The van der Waals surface area contributed by atoms with Gasteiger partial charge in [0.15, 0.2) is 0 Å². The standard InChI is InChI=1S/C29H32F2/c1-2-3-4-5-21-6-11-23(12-7-21)25-16-19-28-26(20-25)15-14-24(29(28)31)13-8-22-9-17-27(30)18-10-22/h2-3,9-10,14-21,23H,4-8,11-13H2,1H3/b3-2+. The van der Waals surface area contributed by atoms with Gasteiger partial charge in [-0.2, -0.15) is 0 Å². The highest BCUT2D eigenvalue weighted by molar-refractivity contribution is 5.84. The van der Waals surface area contributed by atoms with E-state index in [4.69, 9.17) is 0 Å². The highest BCUT2D eigenvalue weighted by atomic mass is 19.1. The number of fused-ring (bicyclic) bond motifs is 1. The quantitative estimate of drug-likeness (QED) is 0.337. The Labute approximate surface area is 185 Å². The van der Waals surface area contributed by atoms with Crippen LogP contribution in [-0.2, 0) is 12.8 Å². The molecule has 1 aliphatic rings. The number of rotatable bonds is 7. The molecule has 0 saturated heterocycles. The molecule has 0 heterocycles. The van der Waals surface area contributed by atoms with Crippen LogP contribution < -0.4 is 0 Å². The van der Waals surface area contributed by atoms with Crippen molar-refractivity contribution in [2.24, 2.45) is 5.92 Å². The molecule has 162 valence electrons. The van der Waals surface area contributed by atoms with Crippen molar-refractivity contribution < 1.29 is 8.78 Å². The van der Waals surface area contributed by atoms with Crippen LogP contribution in [0.2, 0.25) is 0 Å². The molecule has 0 nitrogen and oxygen atoms in total. The third-order valence-corrected chi connectivity index (χ3v) is 6.95. The van der Waals surface area contributed by atoms with Gasteiger partial charge in [-0.25, -0.2) is 8.78 Å². The van der Waals surface area contributed by atoms with Crippen LogP contribution in [0.25, 0.3) is 10.8 Å². The van der Waals surface area contributed by atoms with Crippen LogP contribution in [0.4, 0.5) is 8.78 Å². The Hall–Kier alpha value is -2.48. The molecule has 1 fully saturated rings. The normalized spacial score (nSPS) is 19.3. The lowest BCUT2D eigenvalue weighted by Gasteiger charge is -2.29. The van der Waals surface area contributed by atoms with Crippen molar-refractivity contribution in [2.75, 3.05) is 0 Å². The van der Waals surface area contributed by atoms with Gasteiger partial charge in [0.2, 0.25) is 0 Å². The highest BCUT2D eigenvalue weighted by Crippen LogP contribution is 2.38. The second kappa shape index (κ2) is 10.2. The zero-order valence-corrected chi connectivity index (χ0v) is 18.4. The summed E-state index contributed by atoms with van der Waals surface area (Å²) in [6.45, 7) is 2.09. The number of aryl methyl sites for hydroxylation is 2. The molecule has 0 amide bonds. The average molecular weight is 419 g/mol. The van der Waals surface area contributed by atoms with Gasteiger partial charge in [0.1, 0.15) is 11.6 Å². The maximum Gasteiger partial charge on any atom is 0.134 e. The third kappa shape index (κ3) is 5.42. The summed E-state index contributed by atoms with van der Waals surface area (Å²) >= 11 is 0. The van der Waals surface area contributed by atoms with Gasteiger partial charge < -0.3 is 0 Å². The molecule has 2 heteroatoms. The average Bonchev–Trinajstić information content (AvgIpc) is 2.80. The minimum absolute atomic E-state index is 0.112. The molecule has 1 aliphatic carbocycles. The Morgan fingerprint density at radius 2 is 1.65 bits per heavy atom. The fourth-order valence-corrected chi connectivity index (χ4v) is 5.02. The number of halogens is 2. The molecule has 1 saturated carbocycles. The summed E-state index contributed by atoms with van der Waals surface area (Å²) in [5.74, 6) is 1.11. The fraction of sp³-hybridized carbons (Fsp3) is 0.379. The van der Waals surface area contributed by atoms with Crippen molar-refractivity contribution in [3.63, 3.8) is 0 Å². The second-order valence-corrected chi connectivity index (χ2v) is 9.01. The monoisotopic (exact) mass is 418 g/mol. The topological polar surface area (TPSA) is 0 Å². The van der Waals surface area contributed by atoms with Crippen LogP contribution in [-0.4, -0.2) is 0 Å². The molecule has 0 aliphatic heterocycles. The van der Waals surface area contributed by atoms with E-state index in [0.29, 0.717) is 24.1 Å². The first-order valence-electron chi connectivity index (χ1n) is 11.7. The summed E-state index contributed by atoms with van der Waals surface area (Å²) in [5, 5.41) is 1.70. The Balaban J connectivity index is 1.42. The summed E-state index contributed by atoms with van der Waals surface area (Å²) in [6.07, 6.45) is 13.3. The Kier molecular flexibility index (Phi) is 7.17. The first kappa shape index (κ1) is 21.7. The van der Waals surface area contributed by atoms with Crippen LogP contribution >= 0.6 is 0 Å². The number of hydrogen-bond acceptors (Lipinski definition) is 0. The second-order valence-electron chi connectivity index (χ2n) is 9.01. The van der Waals surface area contributed by atoms with E-state index in [9.17, 15) is 4.39 Å². The van der Waals surface area contributed by atoms with E-state index in [1.807, 2.05) is 12.1 Å². The van der Waals surface area contributed by atoms with Gasteiger partial charge in [0.25, 0.3) is 0 Å². The minimum atomic E-state index is -0.237. The lowest BCUT2D eigenvalue weighted by Crippen LogP contribution is -2.13. The van der Waals surface area contributed by atoms with Crippen LogP contribution in [0, 0.1) is 17.6 Å². The van der Waals surface area contributed by atoms with Crippen LogP contribution in [0.3, 0.4) is 0 Å². The Bertz CT molecular complexity index is 1020. The van der Waals surface area contributed by atoms with Crippen molar-refractivity contribution in [3.05, 3.63) is 95.1 Å². The number of hydrogen-bond donors (Lipinski definition) is 0. The molecule has 0 bridgehead atoms. The summed E-state index contributed by atoms with van der Waals surface area (Å²) in [6, 6.07) is 16.8. The molecule has 3 aromatic rings. The van der Waals surface area contributed by atoms with Gasteiger partial charge in [-0.3, -0.25) is 0 Å². The van der Waals surface area contributed by atoms with Crippen molar-refractivity contribution in [3.8, 4) is 0 Å². The molecule has 4 rings (SSSR count). The first-order valence-corrected chi connectivity index (χ1v) is 11.7. The SMILES string of the molecule is C/C=C/CCC1CCC(c2ccc3c(F)c(CCc4ccc(F)cc4)ccc3c2)CC1. The van der Waals surface area contributed by atoms with E-state index in [0.717, 1.165) is 22.4 Å². The maximum absolute atomic E-state index is 15.1. The zero-order chi connectivity index (χ0) is 21.6. The summed E-state index contributed by atoms with van der Waals surface area (Å²) < 4.78 is 28.2. The fourth-order valence-electron chi connectivity index (χ4n) is 5.02. The van der Waals surface area contributed by atoms with E-state index in [1.54, 1.807) is 12.1 Å². The molecule has 3 aromatic carbocycles. The Morgan fingerprint density at radius 3 is 2.39 bits per heavy atom. The summed E-state index contributed by atoms with van der Waals surface area (Å²) in [5.41, 5.74) is 3.11. The zero-order valence-electron chi connectivity index (χ0n) is 18.4. The summed E-state index contributed by atoms with van der Waals surface area (Å²) in [7, 11) is 0. The molecular weight excluding hydrogens is 386 g/mol. The van der Waals surface area contributed by atoms with Crippen LogP contribution in [0.1, 0.15) is 68.1 Å². The van der Waals surface area contributed by atoms with Crippen molar-refractivity contribution in [2.45, 2.75) is 64.2 Å². The van der Waals surface area contributed by atoms with Crippen molar-refractivity contribution in [1.29, 1.82) is 0 Å². The van der Waals surface area contributed by atoms with E-state index in [2.05, 4.69) is 37.3 Å². The largest absolute Gasteiger partial charge is 0.207 e. The van der Waals surface area contributed by atoms with E-state index in [1.165, 1.54) is 56.2 Å².